The molecule has 2 aliphatic heterocycles. The summed E-state index contributed by atoms with van der Waals surface area (Å²) in [5.74, 6) is 0. The van der Waals surface area contributed by atoms with Crippen LogP contribution in [0, 0.1) is 0 Å². The number of rotatable bonds is 6. The number of hydrogen-bond acceptors (Lipinski definition) is 5. The number of ether oxygens (including phenoxy) is 2. The van der Waals surface area contributed by atoms with Crippen LogP contribution in [0.15, 0.2) is 36.8 Å². The number of nitrogens with one attached hydrogen (secondary N) is 1. The molecule has 8 nitrogen and oxygen atoms in total. The van der Waals surface area contributed by atoms with Gasteiger partial charge in [0.25, 0.3) is 0 Å². The molecule has 0 aliphatic carbocycles. The second-order valence-electron chi connectivity index (χ2n) is 7.33. The van der Waals surface area contributed by atoms with E-state index in [1.54, 1.807) is 17.1 Å². The maximum Gasteiger partial charge on any atom is 0.321 e. The Morgan fingerprint density at radius 2 is 2.18 bits per heavy atom. The Labute approximate surface area is 164 Å². The SMILES string of the molecule is O=C(Nc1cnn(Cc2ccccn2)c1)N1CCC(OCC2CCCO2)CC1. The topological polar surface area (TPSA) is 81.5 Å². The van der Waals surface area contributed by atoms with Crippen LogP contribution in [0.5, 0.6) is 0 Å². The van der Waals surface area contributed by atoms with Gasteiger partial charge in [-0.3, -0.25) is 9.67 Å². The van der Waals surface area contributed by atoms with Gasteiger partial charge in [-0.05, 0) is 37.8 Å². The molecule has 0 saturated carbocycles. The first-order valence-corrected chi connectivity index (χ1v) is 9.98. The van der Waals surface area contributed by atoms with Gasteiger partial charge in [-0.25, -0.2) is 4.79 Å². The van der Waals surface area contributed by atoms with E-state index < -0.39 is 0 Å². The standard InChI is InChI=1S/C20H27N5O3/c26-20(23-17-12-22-25(14-17)13-16-4-1-2-8-21-16)24-9-6-18(7-10-24)28-15-19-5-3-11-27-19/h1-2,4,8,12,14,18-19H,3,5-7,9-11,13,15H2,(H,23,26). The van der Waals surface area contributed by atoms with Crippen LogP contribution in [0.25, 0.3) is 0 Å². The van der Waals surface area contributed by atoms with Crippen LogP contribution in [0.3, 0.4) is 0 Å². The average Bonchev–Trinajstić information content (AvgIpc) is 3.40. The highest BCUT2D eigenvalue weighted by Crippen LogP contribution is 2.18. The van der Waals surface area contributed by atoms with Gasteiger partial charge >= 0.3 is 6.03 Å². The summed E-state index contributed by atoms with van der Waals surface area (Å²) in [6, 6.07) is 5.69. The molecule has 0 spiro atoms. The lowest BCUT2D eigenvalue weighted by Crippen LogP contribution is -2.43. The number of carbonyl (C=O) groups is 1. The number of carbonyl (C=O) groups excluding carboxylic acids is 1. The maximum absolute atomic E-state index is 12.5. The molecule has 8 heteroatoms. The fourth-order valence-electron chi connectivity index (χ4n) is 3.62. The van der Waals surface area contributed by atoms with Crippen molar-refractivity contribution in [3.05, 3.63) is 42.5 Å². The van der Waals surface area contributed by atoms with Crippen molar-refractivity contribution in [2.75, 3.05) is 31.6 Å². The van der Waals surface area contributed by atoms with Crippen LogP contribution in [-0.4, -0.2) is 64.2 Å². The lowest BCUT2D eigenvalue weighted by Gasteiger charge is -2.32. The molecule has 150 valence electrons. The van der Waals surface area contributed by atoms with Gasteiger partial charge in [-0.2, -0.15) is 5.10 Å². The van der Waals surface area contributed by atoms with Crippen molar-refractivity contribution in [2.45, 2.75) is 44.4 Å². The molecule has 2 aromatic rings. The summed E-state index contributed by atoms with van der Waals surface area (Å²) >= 11 is 0. The zero-order valence-corrected chi connectivity index (χ0v) is 16.0. The third-order valence-corrected chi connectivity index (χ3v) is 5.21. The zero-order chi connectivity index (χ0) is 19.2. The molecule has 4 heterocycles. The minimum absolute atomic E-state index is 0.0880. The highest BCUT2D eigenvalue weighted by molar-refractivity contribution is 5.89. The Morgan fingerprint density at radius 3 is 2.93 bits per heavy atom. The molecule has 0 radical (unpaired) electrons. The summed E-state index contributed by atoms with van der Waals surface area (Å²) < 4.78 is 13.3. The lowest BCUT2D eigenvalue weighted by atomic mass is 10.1. The Morgan fingerprint density at radius 1 is 1.29 bits per heavy atom. The minimum atomic E-state index is -0.0880. The molecule has 1 N–H and O–H groups in total. The fourth-order valence-corrected chi connectivity index (χ4v) is 3.62. The van der Waals surface area contributed by atoms with E-state index in [9.17, 15) is 4.79 Å². The van der Waals surface area contributed by atoms with E-state index in [0.29, 0.717) is 31.9 Å². The summed E-state index contributed by atoms with van der Waals surface area (Å²) in [7, 11) is 0. The normalized spacial score (nSPS) is 20.4. The van der Waals surface area contributed by atoms with Crippen LogP contribution in [0.2, 0.25) is 0 Å². The van der Waals surface area contributed by atoms with Gasteiger partial charge in [0.1, 0.15) is 0 Å². The first-order chi connectivity index (χ1) is 13.8. The Hall–Kier alpha value is -2.45. The first-order valence-electron chi connectivity index (χ1n) is 9.98. The fraction of sp³-hybridized carbons (Fsp3) is 0.550. The van der Waals surface area contributed by atoms with Gasteiger partial charge in [0.2, 0.25) is 0 Å². The van der Waals surface area contributed by atoms with E-state index >= 15 is 0 Å². The second-order valence-corrected chi connectivity index (χ2v) is 7.33. The number of urea groups is 1. The molecule has 0 aromatic carbocycles. The average molecular weight is 385 g/mol. The lowest BCUT2D eigenvalue weighted by molar-refractivity contribution is -0.0377. The largest absolute Gasteiger partial charge is 0.376 e. The quantitative estimate of drug-likeness (QED) is 0.826. The molecule has 0 bridgehead atoms. The monoisotopic (exact) mass is 385 g/mol. The summed E-state index contributed by atoms with van der Waals surface area (Å²) in [4.78, 5) is 18.6. The smallest absolute Gasteiger partial charge is 0.321 e. The van der Waals surface area contributed by atoms with E-state index in [-0.39, 0.29) is 18.2 Å². The van der Waals surface area contributed by atoms with E-state index in [1.165, 1.54) is 0 Å². The van der Waals surface area contributed by atoms with Gasteiger partial charge < -0.3 is 19.7 Å². The zero-order valence-electron chi connectivity index (χ0n) is 16.0. The van der Waals surface area contributed by atoms with Crippen molar-refractivity contribution in [3.63, 3.8) is 0 Å². The molecule has 28 heavy (non-hydrogen) atoms. The first kappa shape index (κ1) is 18.9. The molecule has 4 rings (SSSR count). The molecule has 2 aromatic heterocycles. The van der Waals surface area contributed by atoms with Crippen molar-refractivity contribution in [2.24, 2.45) is 0 Å². The predicted octanol–water partition coefficient (Wildman–Crippen LogP) is 2.52. The number of hydrogen-bond donors (Lipinski definition) is 1. The molecule has 2 aliphatic rings. The third kappa shape index (κ3) is 5.08. The number of piperidine rings is 1. The molecular weight excluding hydrogens is 358 g/mol. The highest BCUT2D eigenvalue weighted by atomic mass is 16.5. The van der Waals surface area contributed by atoms with E-state index in [2.05, 4.69) is 15.4 Å². The van der Waals surface area contributed by atoms with Gasteiger partial charge in [0.15, 0.2) is 0 Å². The van der Waals surface area contributed by atoms with Crippen molar-refractivity contribution in [1.82, 2.24) is 19.7 Å². The predicted molar refractivity (Wildman–Crippen MR) is 104 cm³/mol. The van der Waals surface area contributed by atoms with Crippen LogP contribution in [0.4, 0.5) is 10.5 Å². The number of pyridine rings is 1. The molecule has 1 unspecified atom stereocenters. The Kier molecular flexibility index (Phi) is 6.18. The van der Waals surface area contributed by atoms with E-state index in [0.717, 1.165) is 38.0 Å². The molecule has 2 amide bonds. The van der Waals surface area contributed by atoms with Crippen LogP contribution < -0.4 is 5.32 Å². The van der Waals surface area contributed by atoms with Gasteiger partial charge in [-0.15, -0.1) is 0 Å². The highest BCUT2D eigenvalue weighted by Gasteiger charge is 2.25. The summed E-state index contributed by atoms with van der Waals surface area (Å²) in [5, 5.41) is 7.23. The molecule has 2 fully saturated rings. The second kappa shape index (κ2) is 9.16. The van der Waals surface area contributed by atoms with Gasteiger partial charge in [0, 0.05) is 32.1 Å². The van der Waals surface area contributed by atoms with Crippen molar-refractivity contribution < 1.29 is 14.3 Å². The van der Waals surface area contributed by atoms with E-state index in [1.807, 2.05) is 29.3 Å². The van der Waals surface area contributed by atoms with E-state index in [4.69, 9.17) is 9.47 Å². The molecular formula is C20H27N5O3. The number of amides is 2. The number of aromatic nitrogens is 3. The van der Waals surface area contributed by atoms with Crippen LogP contribution in [0.1, 0.15) is 31.4 Å². The van der Waals surface area contributed by atoms with Crippen LogP contribution >= 0.6 is 0 Å². The van der Waals surface area contributed by atoms with Gasteiger partial charge in [-0.1, -0.05) is 6.07 Å². The summed E-state index contributed by atoms with van der Waals surface area (Å²) in [5.41, 5.74) is 1.62. The minimum Gasteiger partial charge on any atom is -0.376 e. The summed E-state index contributed by atoms with van der Waals surface area (Å²) in [6.07, 6.45) is 9.66. The van der Waals surface area contributed by atoms with Gasteiger partial charge in [0.05, 0.1) is 42.9 Å². The number of nitrogens with zero attached hydrogens (tertiary/aromatic N) is 4. The van der Waals surface area contributed by atoms with Crippen molar-refractivity contribution in [3.8, 4) is 0 Å². The number of likely N-dealkylation sites (tertiary alicyclic amines) is 1. The number of anilines is 1. The van der Waals surface area contributed by atoms with Crippen LogP contribution in [-0.2, 0) is 16.0 Å². The molecule has 1 atom stereocenters. The molecule has 2 saturated heterocycles. The summed E-state index contributed by atoms with van der Waals surface area (Å²) in [6.45, 7) is 3.50. The third-order valence-electron chi connectivity index (χ3n) is 5.21. The Balaban J connectivity index is 1.20. The van der Waals surface area contributed by atoms with Crippen molar-refractivity contribution in [1.29, 1.82) is 0 Å². The Bertz CT molecular complexity index is 752. The maximum atomic E-state index is 12.5. The van der Waals surface area contributed by atoms with Crippen molar-refractivity contribution >= 4 is 11.7 Å².